The molecule has 2 aromatic heterocycles. The van der Waals surface area contributed by atoms with Gasteiger partial charge in [0.15, 0.2) is 11.6 Å². The summed E-state index contributed by atoms with van der Waals surface area (Å²) in [4.78, 5) is 43.0. The highest BCUT2D eigenvalue weighted by Gasteiger charge is 2.26. The van der Waals surface area contributed by atoms with E-state index < -0.39 is 0 Å². The average molecular weight is 454 g/mol. The number of aryl methyl sites for hydroxylation is 1. The molecule has 0 N–H and O–H groups in total. The summed E-state index contributed by atoms with van der Waals surface area (Å²) in [7, 11) is 0. The van der Waals surface area contributed by atoms with Crippen LogP contribution in [-0.4, -0.2) is 67.5 Å². The molecular weight excluding hydrogens is 430 g/mol. The molecule has 1 amide bonds. The van der Waals surface area contributed by atoms with Gasteiger partial charge in [0.05, 0.1) is 5.56 Å². The van der Waals surface area contributed by atoms with E-state index in [1.54, 1.807) is 52.3 Å². The summed E-state index contributed by atoms with van der Waals surface area (Å²) in [5.41, 5.74) is 2.50. The van der Waals surface area contributed by atoms with Crippen LogP contribution in [0.25, 0.3) is 5.82 Å². The van der Waals surface area contributed by atoms with E-state index in [1.807, 2.05) is 25.1 Å². The molecule has 0 saturated carbocycles. The number of aromatic nitrogens is 5. The van der Waals surface area contributed by atoms with Crippen LogP contribution in [0, 0.1) is 6.92 Å². The van der Waals surface area contributed by atoms with Crippen LogP contribution in [0.4, 0.5) is 5.82 Å². The van der Waals surface area contributed by atoms with Gasteiger partial charge in [0, 0.05) is 43.4 Å². The first-order chi connectivity index (χ1) is 16.6. The van der Waals surface area contributed by atoms with Crippen molar-refractivity contribution in [2.75, 3.05) is 31.1 Å². The van der Waals surface area contributed by atoms with Crippen LogP contribution in [0.5, 0.6) is 0 Å². The third kappa shape index (κ3) is 4.27. The van der Waals surface area contributed by atoms with Gasteiger partial charge in [0.25, 0.3) is 5.91 Å². The number of carbonyl (C=O) groups excluding carboxylic acids is 2. The minimum absolute atomic E-state index is 0.137. The first kappa shape index (κ1) is 21.4. The van der Waals surface area contributed by atoms with E-state index in [2.05, 4.69) is 25.0 Å². The Balaban J connectivity index is 1.30. The second-order valence-electron chi connectivity index (χ2n) is 8.09. The van der Waals surface area contributed by atoms with Crippen molar-refractivity contribution < 1.29 is 9.59 Å². The zero-order valence-electron chi connectivity index (χ0n) is 18.7. The quantitative estimate of drug-likeness (QED) is 0.429. The number of hydrogen-bond acceptors (Lipinski definition) is 7. The van der Waals surface area contributed by atoms with E-state index in [1.165, 1.54) is 12.7 Å². The van der Waals surface area contributed by atoms with Crippen molar-refractivity contribution in [3.8, 4) is 5.82 Å². The van der Waals surface area contributed by atoms with Crippen LogP contribution in [0.15, 0.2) is 73.6 Å². The monoisotopic (exact) mass is 453 g/mol. The van der Waals surface area contributed by atoms with Crippen molar-refractivity contribution in [1.29, 1.82) is 0 Å². The van der Waals surface area contributed by atoms with Crippen LogP contribution in [0.2, 0.25) is 0 Å². The van der Waals surface area contributed by atoms with Crippen molar-refractivity contribution in [2.24, 2.45) is 0 Å². The van der Waals surface area contributed by atoms with Crippen LogP contribution in [0.1, 0.15) is 31.8 Å². The topological polar surface area (TPSA) is 97.1 Å². The summed E-state index contributed by atoms with van der Waals surface area (Å²) in [6.07, 6.45) is 4.53. The molecule has 9 nitrogen and oxygen atoms in total. The number of hydrogen-bond donors (Lipinski definition) is 0. The van der Waals surface area contributed by atoms with Gasteiger partial charge in [-0.3, -0.25) is 9.59 Å². The fraction of sp³-hybridized carbons (Fsp3) is 0.200. The highest BCUT2D eigenvalue weighted by Crippen LogP contribution is 2.20. The predicted molar refractivity (Wildman–Crippen MR) is 126 cm³/mol. The molecule has 34 heavy (non-hydrogen) atoms. The molecule has 1 fully saturated rings. The molecule has 0 bridgehead atoms. The number of benzene rings is 2. The number of amides is 1. The van der Waals surface area contributed by atoms with Crippen LogP contribution < -0.4 is 4.90 Å². The van der Waals surface area contributed by atoms with E-state index in [0.29, 0.717) is 48.7 Å². The minimum Gasteiger partial charge on any atom is -0.353 e. The first-order valence-corrected chi connectivity index (χ1v) is 11.0. The van der Waals surface area contributed by atoms with Gasteiger partial charge in [-0.25, -0.2) is 19.6 Å². The molecule has 4 aromatic rings. The summed E-state index contributed by atoms with van der Waals surface area (Å²) in [6, 6.07) is 16.3. The van der Waals surface area contributed by atoms with Crippen LogP contribution in [-0.2, 0) is 0 Å². The Kier molecular flexibility index (Phi) is 5.82. The van der Waals surface area contributed by atoms with Gasteiger partial charge in [-0.1, -0.05) is 48.0 Å². The molecule has 5 rings (SSSR count). The number of rotatable bonds is 5. The summed E-state index contributed by atoms with van der Waals surface area (Å²) in [5.74, 6) is 1.11. The molecule has 170 valence electrons. The van der Waals surface area contributed by atoms with Gasteiger partial charge in [-0.15, -0.1) is 0 Å². The molecule has 0 unspecified atom stereocenters. The standard InChI is InChI=1S/C25H23N7O2/c1-18-6-8-19(9-7-18)24(33)20-4-2-3-5-21(20)25(34)31-12-10-30(11-13-31)22-14-23(28-16-27-22)32-17-26-15-29-32/h2-9,14-17H,10-13H2,1H3. The van der Waals surface area contributed by atoms with Gasteiger partial charge in [-0.2, -0.15) is 5.10 Å². The zero-order valence-corrected chi connectivity index (χ0v) is 18.7. The summed E-state index contributed by atoms with van der Waals surface area (Å²) in [6.45, 7) is 4.26. The average Bonchev–Trinajstić information content (AvgIpc) is 3.44. The number of piperazine rings is 1. The summed E-state index contributed by atoms with van der Waals surface area (Å²) < 4.78 is 1.58. The van der Waals surface area contributed by atoms with Crippen molar-refractivity contribution in [3.63, 3.8) is 0 Å². The maximum atomic E-state index is 13.4. The predicted octanol–water partition coefficient (Wildman–Crippen LogP) is 2.56. The number of nitrogens with zero attached hydrogens (tertiary/aromatic N) is 7. The summed E-state index contributed by atoms with van der Waals surface area (Å²) in [5, 5.41) is 4.11. The lowest BCUT2D eigenvalue weighted by Gasteiger charge is -2.35. The van der Waals surface area contributed by atoms with E-state index in [0.717, 1.165) is 11.4 Å². The maximum Gasteiger partial charge on any atom is 0.254 e. The fourth-order valence-electron chi connectivity index (χ4n) is 4.00. The maximum absolute atomic E-state index is 13.4. The SMILES string of the molecule is Cc1ccc(C(=O)c2ccccc2C(=O)N2CCN(c3cc(-n4cncn4)ncn3)CC2)cc1. The first-order valence-electron chi connectivity index (χ1n) is 11.0. The van der Waals surface area contributed by atoms with E-state index >= 15 is 0 Å². The lowest BCUT2D eigenvalue weighted by atomic mass is 9.97. The minimum atomic E-state index is -0.149. The molecule has 0 atom stereocenters. The normalized spacial score (nSPS) is 13.7. The van der Waals surface area contributed by atoms with Crippen molar-refractivity contribution in [1.82, 2.24) is 29.6 Å². The van der Waals surface area contributed by atoms with Gasteiger partial charge in [0.1, 0.15) is 24.8 Å². The Labute approximate surface area is 196 Å². The van der Waals surface area contributed by atoms with Crippen LogP contribution >= 0.6 is 0 Å². The second-order valence-corrected chi connectivity index (χ2v) is 8.09. The number of anilines is 1. The molecule has 9 heteroatoms. The molecular formula is C25H23N7O2. The zero-order chi connectivity index (χ0) is 23.5. The number of carbonyl (C=O) groups is 2. The Hall–Kier alpha value is -4.40. The molecule has 0 radical (unpaired) electrons. The van der Waals surface area contributed by atoms with Crippen molar-refractivity contribution in [2.45, 2.75) is 6.92 Å². The Bertz CT molecular complexity index is 1310. The largest absolute Gasteiger partial charge is 0.353 e. The molecule has 1 aliphatic heterocycles. The van der Waals surface area contributed by atoms with E-state index in [9.17, 15) is 9.59 Å². The fourth-order valence-corrected chi connectivity index (χ4v) is 4.00. The third-order valence-corrected chi connectivity index (χ3v) is 5.90. The molecule has 3 heterocycles. The van der Waals surface area contributed by atoms with Gasteiger partial charge >= 0.3 is 0 Å². The lowest BCUT2D eigenvalue weighted by Crippen LogP contribution is -2.49. The molecule has 1 saturated heterocycles. The van der Waals surface area contributed by atoms with Crippen LogP contribution in [0.3, 0.4) is 0 Å². The van der Waals surface area contributed by atoms with E-state index in [-0.39, 0.29) is 11.7 Å². The highest BCUT2D eigenvalue weighted by molar-refractivity contribution is 6.15. The van der Waals surface area contributed by atoms with E-state index in [4.69, 9.17) is 0 Å². The van der Waals surface area contributed by atoms with Crippen molar-refractivity contribution in [3.05, 3.63) is 95.8 Å². The van der Waals surface area contributed by atoms with Gasteiger partial charge in [0.2, 0.25) is 0 Å². The highest BCUT2D eigenvalue weighted by atomic mass is 16.2. The smallest absolute Gasteiger partial charge is 0.254 e. The molecule has 0 spiro atoms. The molecule has 0 aliphatic carbocycles. The number of ketones is 1. The van der Waals surface area contributed by atoms with Crippen molar-refractivity contribution >= 4 is 17.5 Å². The van der Waals surface area contributed by atoms with Gasteiger partial charge in [-0.05, 0) is 13.0 Å². The Morgan fingerprint density at radius 2 is 1.53 bits per heavy atom. The Morgan fingerprint density at radius 3 is 2.24 bits per heavy atom. The van der Waals surface area contributed by atoms with Gasteiger partial charge < -0.3 is 9.80 Å². The third-order valence-electron chi connectivity index (χ3n) is 5.90. The Morgan fingerprint density at radius 1 is 0.824 bits per heavy atom. The molecule has 1 aliphatic rings. The molecule has 2 aromatic carbocycles. The second kappa shape index (κ2) is 9.22. The lowest BCUT2D eigenvalue weighted by molar-refractivity contribution is 0.0742. The summed E-state index contributed by atoms with van der Waals surface area (Å²) >= 11 is 0.